The van der Waals surface area contributed by atoms with Gasteiger partial charge in [0.2, 0.25) is 0 Å². The van der Waals surface area contributed by atoms with Gasteiger partial charge in [-0.25, -0.2) is 9.97 Å². The highest BCUT2D eigenvalue weighted by atomic mass is 15.3. The highest BCUT2D eigenvalue weighted by Crippen LogP contribution is 2.37. The topological polar surface area (TPSA) is 37.2 Å². The maximum absolute atomic E-state index is 4.85. The molecule has 3 heterocycles. The summed E-state index contributed by atoms with van der Waals surface area (Å²) in [5, 5.41) is 1.12. The third kappa shape index (κ3) is 3.91. The van der Waals surface area contributed by atoms with Gasteiger partial charge in [-0.05, 0) is 55.7 Å². The summed E-state index contributed by atoms with van der Waals surface area (Å²) in [5.74, 6) is 1.02. The van der Waals surface area contributed by atoms with Crippen LogP contribution in [-0.4, -0.2) is 40.7 Å². The predicted molar refractivity (Wildman–Crippen MR) is 149 cm³/mol. The zero-order valence-corrected chi connectivity index (χ0v) is 21.1. The van der Waals surface area contributed by atoms with E-state index in [1.54, 1.807) is 6.33 Å². The molecule has 0 saturated carbocycles. The SMILES string of the molecule is Cc1ccc(-n2cc(-c3ccccc3)c3c(N4CCN(c5cccc(C)c5C)CC4)ncnc32)cc1. The fourth-order valence-corrected chi connectivity index (χ4v) is 5.26. The molecular formula is C31H31N5. The molecule has 0 atom stereocenters. The fourth-order valence-electron chi connectivity index (χ4n) is 5.26. The maximum atomic E-state index is 4.85. The van der Waals surface area contributed by atoms with Crippen molar-refractivity contribution in [1.29, 1.82) is 0 Å². The van der Waals surface area contributed by atoms with Crippen molar-refractivity contribution >= 4 is 22.5 Å². The van der Waals surface area contributed by atoms with E-state index in [0.717, 1.165) is 48.7 Å². The normalized spacial score (nSPS) is 14.0. The molecule has 0 amide bonds. The summed E-state index contributed by atoms with van der Waals surface area (Å²) in [6.07, 6.45) is 3.93. The lowest BCUT2D eigenvalue weighted by Gasteiger charge is -2.37. The van der Waals surface area contributed by atoms with Gasteiger partial charge in [0.05, 0.1) is 5.39 Å². The summed E-state index contributed by atoms with van der Waals surface area (Å²) in [6, 6.07) is 25.8. The van der Waals surface area contributed by atoms with Crippen LogP contribution in [0, 0.1) is 20.8 Å². The molecule has 1 aliphatic heterocycles. The summed E-state index contributed by atoms with van der Waals surface area (Å²) < 4.78 is 2.20. The highest BCUT2D eigenvalue weighted by Gasteiger charge is 2.24. The van der Waals surface area contributed by atoms with Gasteiger partial charge in [-0.1, -0.05) is 60.2 Å². The average Bonchev–Trinajstić information content (AvgIpc) is 3.31. The molecule has 0 bridgehead atoms. The molecular weight excluding hydrogens is 442 g/mol. The second-order valence-corrected chi connectivity index (χ2v) is 9.70. The van der Waals surface area contributed by atoms with Crippen molar-refractivity contribution in [2.75, 3.05) is 36.0 Å². The number of benzene rings is 3. The van der Waals surface area contributed by atoms with E-state index in [2.05, 4.69) is 114 Å². The zero-order valence-electron chi connectivity index (χ0n) is 21.1. The van der Waals surface area contributed by atoms with Crippen LogP contribution in [0.4, 0.5) is 11.5 Å². The quantitative estimate of drug-likeness (QED) is 0.305. The average molecular weight is 474 g/mol. The van der Waals surface area contributed by atoms with Crippen LogP contribution in [-0.2, 0) is 0 Å². The lowest BCUT2D eigenvalue weighted by molar-refractivity contribution is 0.647. The van der Waals surface area contributed by atoms with Gasteiger partial charge in [0.15, 0.2) is 5.65 Å². The molecule has 6 rings (SSSR count). The van der Waals surface area contributed by atoms with Crippen LogP contribution < -0.4 is 9.80 Å². The second kappa shape index (κ2) is 9.15. The van der Waals surface area contributed by atoms with Crippen LogP contribution in [0.1, 0.15) is 16.7 Å². The number of nitrogens with zero attached hydrogens (tertiary/aromatic N) is 5. The van der Waals surface area contributed by atoms with E-state index in [1.165, 1.54) is 33.5 Å². The Bertz CT molecular complexity index is 1510. The number of piperazine rings is 1. The highest BCUT2D eigenvalue weighted by molar-refractivity contribution is 6.02. The van der Waals surface area contributed by atoms with Gasteiger partial charge >= 0.3 is 0 Å². The van der Waals surface area contributed by atoms with E-state index < -0.39 is 0 Å². The lowest BCUT2D eigenvalue weighted by Crippen LogP contribution is -2.47. The van der Waals surface area contributed by atoms with Gasteiger partial charge in [-0.3, -0.25) is 0 Å². The van der Waals surface area contributed by atoms with Gasteiger partial charge in [0.25, 0.3) is 0 Å². The van der Waals surface area contributed by atoms with Gasteiger partial charge in [0.1, 0.15) is 12.1 Å². The minimum atomic E-state index is 0.920. The Kier molecular flexibility index (Phi) is 5.68. The van der Waals surface area contributed by atoms with Crippen molar-refractivity contribution in [1.82, 2.24) is 14.5 Å². The Balaban J connectivity index is 1.41. The first-order chi connectivity index (χ1) is 17.6. The van der Waals surface area contributed by atoms with Gasteiger partial charge in [-0.15, -0.1) is 0 Å². The number of rotatable bonds is 4. The summed E-state index contributed by atoms with van der Waals surface area (Å²) in [5.41, 5.74) is 9.71. The van der Waals surface area contributed by atoms with E-state index in [1.807, 2.05) is 0 Å². The molecule has 0 radical (unpaired) electrons. The van der Waals surface area contributed by atoms with Crippen LogP contribution in [0.5, 0.6) is 0 Å². The molecule has 2 aromatic heterocycles. The lowest BCUT2D eigenvalue weighted by atomic mass is 10.1. The molecule has 180 valence electrons. The van der Waals surface area contributed by atoms with E-state index in [4.69, 9.17) is 9.97 Å². The second-order valence-electron chi connectivity index (χ2n) is 9.70. The standard InChI is InChI=1S/C31H31N5/c1-22-12-14-26(15-13-22)36-20-27(25-9-5-4-6-10-25)29-30(32-21-33-31(29)36)35-18-16-34(17-19-35)28-11-7-8-23(2)24(28)3/h4-15,20-21H,16-19H2,1-3H3. The van der Waals surface area contributed by atoms with Gasteiger partial charge in [-0.2, -0.15) is 0 Å². The van der Waals surface area contributed by atoms with Crippen molar-refractivity contribution in [3.63, 3.8) is 0 Å². The zero-order chi connectivity index (χ0) is 24.6. The Morgan fingerprint density at radius 2 is 1.42 bits per heavy atom. The molecule has 1 fully saturated rings. The van der Waals surface area contributed by atoms with Crippen molar-refractivity contribution in [2.24, 2.45) is 0 Å². The van der Waals surface area contributed by atoms with Crippen LogP contribution >= 0.6 is 0 Å². The molecule has 5 heteroatoms. The Hall–Kier alpha value is -4.12. The summed E-state index contributed by atoms with van der Waals surface area (Å²) in [4.78, 5) is 14.6. The molecule has 3 aromatic carbocycles. The Morgan fingerprint density at radius 1 is 0.694 bits per heavy atom. The molecule has 5 nitrogen and oxygen atoms in total. The molecule has 0 unspecified atom stereocenters. The first-order valence-electron chi connectivity index (χ1n) is 12.6. The Morgan fingerprint density at radius 3 is 2.17 bits per heavy atom. The molecule has 5 aromatic rings. The molecule has 0 N–H and O–H groups in total. The van der Waals surface area contributed by atoms with Gasteiger partial charge in [0, 0.05) is 49.3 Å². The van der Waals surface area contributed by atoms with Crippen LogP contribution in [0.15, 0.2) is 85.3 Å². The molecule has 0 spiro atoms. The van der Waals surface area contributed by atoms with Crippen LogP contribution in [0.2, 0.25) is 0 Å². The van der Waals surface area contributed by atoms with Crippen molar-refractivity contribution < 1.29 is 0 Å². The van der Waals surface area contributed by atoms with Crippen molar-refractivity contribution in [3.8, 4) is 16.8 Å². The van der Waals surface area contributed by atoms with Crippen molar-refractivity contribution in [3.05, 3.63) is 102 Å². The minimum Gasteiger partial charge on any atom is -0.368 e. The van der Waals surface area contributed by atoms with E-state index in [-0.39, 0.29) is 0 Å². The Labute approximate surface area is 212 Å². The van der Waals surface area contributed by atoms with Crippen LogP contribution in [0.3, 0.4) is 0 Å². The minimum absolute atomic E-state index is 0.920. The first kappa shape index (κ1) is 22.4. The monoisotopic (exact) mass is 473 g/mol. The third-order valence-electron chi connectivity index (χ3n) is 7.46. The summed E-state index contributed by atoms with van der Waals surface area (Å²) >= 11 is 0. The van der Waals surface area contributed by atoms with E-state index in [9.17, 15) is 0 Å². The molecule has 1 saturated heterocycles. The summed E-state index contributed by atoms with van der Waals surface area (Å²) in [6.45, 7) is 10.3. The van der Waals surface area contributed by atoms with Crippen molar-refractivity contribution in [2.45, 2.75) is 20.8 Å². The third-order valence-corrected chi connectivity index (χ3v) is 7.46. The smallest absolute Gasteiger partial charge is 0.150 e. The molecule has 0 aliphatic carbocycles. The molecule has 36 heavy (non-hydrogen) atoms. The number of aryl methyl sites for hydroxylation is 2. The number of hydrogen-bond donors (Lipinski definition) is 0. The molecule has 1 aliphatic rings. The predicted octanol–water partition coefficient (Wildman–Crippen LogP) is 6.34. The number of fused-ring (bicyclic) bond motifs is 1. The van der Waals surface area contributed by atoms with E-state index >= 15 is 0 Å². The first-order valence-corrected chi connectivity index (χ1v) is 12.6. The maximum Gasteiger partial charge on any atom is 0.150 e. The number of aromatic nitrogens is 3. The fraction of sp³-hybridized carbons (Fsp3) is 0.226. The summed E-state index contributed by atoms with van der Waals surface area (Å²) in [7, 11) is 0. The number of hydrogen-bond acceptors (Lipinski definition) is 4. The number of anilines is 2. The van der Waals surface area contributed by atoms with E-state index in [0.29, 0.717) is 0 Å². The largest absolute Gasteiger partial charge is 0.368 e. The van der Waals surface area contributed by atoms with Gasteiger partial charge < -0.3 is 14.4 Å². The van der Waals surface area contributed by atoms with Crippen LogP contribution in [0.25, 0.3) is 27.8 Å².